The van der Waals surface area contributed by atoms with Gasteiger partial charge in [-0.1, -0.05) is 11.6 Å². The summed E-state index contributed by atoms with van der Waals surface area (Å²) < 4.78 is 5.99. The molecule has 1 aromatic carbocycles. The second kappa shape index (κ2) is 6.68. The minimum atomic E-state index is -0.969. The van der Waals surface area contributed by atoms with Crippen LogP contribution in [0.1, 0.15) is 48.2 Å². The van der Waals surface area contributed by atoms with Crippen LogP contribution in [-0.4, -0.2) is 17.1 Å². The quantitative estimate of drug-likeness (QED) is 0.741. The van der Waals surface area contributed by atoms with Gasteiger partial charge in [-0.25, -0.2) is 4.79 Å². The summed E-state index contributed by atoms with van der Waals surface area (Å²) in [5, 5.41) is 13.5. The van der Waals surface area contributed by atoms with Crippen molar-refractivity contribution in [2.45, 2.75) is 44.7 Å². The van der Waals surface area contributed by atoms with Crippen LogP contribution >= 0.6 is 11.6 Å². The average Bonchev–Trinajstić information content (AvgIpc) is 3.09. The maximum atomic E-state index is 11.2. The third-order valence-electron chi connectivity index (χ3n) is 6.88. The number of hydrogen-bond acceptors (Lipinski definition) is 3. The highest BCUT2D eigenvalue weighted by atomic mass is 35.5. The van der Waals surface area contributed by atoms with Crippen molar-refractivity contribution < 1.29 is 14.3 Å². The molecule has 1 aromatic heterocycles. The molecular weight excluding hydrogens is 362 g/mol. The third kappa shape index (κ3) is 3.19. The molecule has 0 atom stereocenters. The molecule has 2 N–H and O–H groups in total. The summed E-state index contributed by atoms with van der Waals surface area (Å²) >= 11 is 6.26. The van der Waals surface area contributed by atoms with Gasteiger partial charge in [0.25, 0.3) is 0 Å². The highest BCUT2D eigenvalue weighted by Crippen LogP contribution is 2.53. The lowest BCUT2D eigenvalue weighted by Crippen LogP contribution is -2.54. The molecule has 0 aliphatic heterocycles. The molecular formula is C22H24ClNO3. The second-order valence-corrected chi connectivity index (χ2v) is 9.01. The van der Waals surface area contributed by atoms with Crippen molar-refractivity contribution >= 4 is 17.6 Å². The Morgan fingerprint density at radius 3 is 2.44 bits per heavy atom. The van der Waals surface area contributed by atoms with E-state index in [1.165, 1.54) is 38.2 Å². The van der Waals surface area contributed by atoms with Crippen LogP contribution in [0.25, 0.3) is 11.3 Å². The van der Waals surface area contributed by atoms with Gasteiger partial charge in [-0.3, -0.25) is 0 Å². The summed E-state index contributed by atoms with van der Waals surface area (Å²) in [4.78, 5) is 11.2. The Hall–Kier alpha value is -1.78. The van der Waals surface area contributed by atoms with Crippen molar-refractivity contribution in [1.29, 1.82) is 0 Å². The lowest BCUT2D eigenvalue weighted by molar-refractivity contribution is -0.0147. The van der Waals surface area contributed by atoms with E-state index in [-0.39, 0.29) is 5.56 Å². The minimum Gasteiger partial charge on any atom is -0.478 e. The largest absolute Gasteiger partial charge is 0.478 e. The van der Waals surface area contributed by atoms with Crippen LogP contribution in [0.15, 0.2) is 34.7 Å². The fraction of sp³-hybridized carbons (Fsp3) is 0.500. The van der Waals surface area contributed by atoms with Crippen molar-refractivity contribution in [3.05, 3.63) is 46.7 Å². The van der Waals surface area contributed by atoms with Crippen molar-refractivity contribution in [3.8, 4) is 11.3 Å². The summed E-state index contributed by atoms with van der Waals surface area (Å²) in [7, 11) is 0. The standard InChI is InChI=1S/C22H24ClNO3/c23-19-3-1-14(22(25)26)10-18(19)20-4-2-17(27-20)11-24-21-15-6-12-5-13(8-15)9-16(21)7-12/h1-4,10,12-13,15-16,21,24H,5-9,11H2,(H,25,26). The van der Waals surface area contributed by atoms with E-state index in [1.807, 2.05) is 12.1 Å². The van der Waals surface area contributed by atoms with Gasteiger partial charge in [0, 0.05) is 11.6 Å². The van der Waals surface area contributed by atoms with Crippen LogP contribution in [0.4, 0.5) is 0 Å². The van der Waals surface area contributed by atoms with E-state index in [0.29, 0.717) is 28.9 Å². The SMILES string of the molecule is O=C(O)c1ccc(Cl)c(-c2ccc(CNC3C4CC5CC(C4)CC3C5)o2)c1. The van der Waals surface area contributed by atoms with Gasteiger partial charge in [-0.15, -0.1) is 0 Å². The van der Waals surface area contributed by atoms with Crippen molar-refractivity contribution in [2.75, 3.05) is 0 Å². The number of furan rings is 1. The molecule has 1 heterocycles. The van der Waals surface area contributed by atoms with Crippen molar-refractivity contribution in [3.63, 3.8) is 0 Å². The zero-order chi connectivity index (χ0) is 18.5. The maximum absolute atomic E-state index is 11.2. The Balaban J connectivity index is 1.29. The molecule has 0 saturated heterocycles. The molecule has 27 heavy (non-hydrogen) atoms. The minimum absolute atomic E-state index is 0.207. The van der Waals surface area contributed by atoms with E-state index in [4.69, 9.17) is 16.0 Å². The molecule has 2 aromatic rings. The van der Waals surface area contributed by atoms with Crippen LogP contribution < -0.4 is 5.32 Å². The summed E-state index contributed by atoms with van der Waals surface area (Å²) in [6.45, 7) is 0.712. The molecule has 0 unspecified atom stereocenters. The molecule has 0 amide bonds. The molecule has 4 nitrogen and oxygen atoms in total. The first kappa shape index (κ1) is 17.3. The zero-order valence-corrected chi connectivity index (χ0v) is 15.9. The molecule has 0 spiro atoms. The van der Waals surface area contributed by atoms with Gasteiger partial charge in [-0.2, -0.15) is 0 Å². The fourth-order valence-electron chi connectivity index (χ4n) is 5.94. The average molecular weight is 386 g/mol. The van der Waals surface area contributed by atoms with Gasteiger partial charge in [0.15, 0.2) is 0 Å². The van der Waals surface area contributed by atoms with Gasteiger partial charge in [0.2, 0.25) is 0 Å². The van der Waals surface area contributed by atoms with E-state index in [9.17, 15) is 9.90 Å². The number of nitrogens with one attached hydrogen (secondary N) is 1. The summed E-state index contributed by atoms with van der Waals surface area (Å²) in [5.41, 5.74) is 0.830. The summed E-state index contributed by atoms with van der Waals surface area (Å²) in [5.74, 6) is 4.13. The molecule has 5 heteroatoms. The van der Waals surface area contributed by atoms with Gasteiger partial charge in [0.05, 0.1) is 17.1 Å². The van der Waals surface area contributed by atoms with Crippen LogP contribution in [0.3, 0.4) is 0 Å². The van der Waals surface area contributed by atoms with Gasteiger partial charge in [-0.05, 0) is 86.1 Å². The van der Waals surface area contributed by atoms with Crippen LogP contribution in [0.5, 0.6) is 0 Å². The number of carbonyl (C=O) groups is 1. The van der Waals surface area contributed by atoms with Gasteiger partial charge < -0.3 is 14.8 Å². The number of rotatable bonds is 5. The first-order chi connectivity index (χ1) is 13.1. The zero-order valence-electron chi connectivity index (χ0n) is 15.2. The predicted molar refractivity (Wildman–Crippen MR) is 104 cm³/mol. The van der Waals surface area contributed by atoms with E-state index in [1.54, 1.807) is 12.1 Å². The Morgan fingerprint density at radius 2 is 1.78 bits per heavy atom. The van der Waals surface area contributed by atoms with E-state index >= 15 is 0 Å². The molecule has 4 bridgehead atoms. The first-order valence-corrected chi connectivity index (χ1v) is 10.3. The smallest absolute Gasteiger partial charge is 0.335 e. The molecule has 4 aliphatic carbocycles. The normalized spacial score (nSPS) is 31.4. The fourth-order valence-corrected chi connectivity index (χ4v) is 6.15. The molecule has 0 radical (unpaired) electrons. The van der Waals surface area contributed by atoms with Gasteiger partial charge in [0.1, 0.15) is 11.5 Å². The van der Waals surface area contributed by atoms with E-state index in [0.717, 1.165) is 29.4 Å². The molecule has 4 saturated carbocycles. The Kier molecular flexibility index (Phi) is 4.29. The molecule has 142 valence electrons. The van der Waals surface area contributed by atoms with Crippen LogP contribution in [0, 0.1) is 23.7 Å². The summed E-state index contributed by atoms with van der Waals surface area (Å²) in [6.07, 6.45) is 7.05. The predicted octanol–water partition coefficient (Wildman–Crippen LogP) is 5.21. The first-order valence-electron chi connectivity index (χ1n) is 9.92. The monoisotopic (exact) mass is 385 g/mol. The number of halogens is 1. The molecule has 6 rings (SSSR count). The highest BCUT2D eigenvalue weighted by molar-refractivity contribution is 6.33. The van der Waals surface area contributed by atoms with Crippen molar-refractivity contribution in [1.82, 2.24) is 5.32 Å². The van der Waals surface area contributed by atoms with E-state index in [2.05, 4.69) is 5.32 Å². The van der Waals surface area contributed by atoms with E-state index < -0.39 is 5.97 Å². The van der Waals surface area contributed by atoms with Crippen molar-refractivity contribution in [2.24, 2.45) is 23.7 Å². The number of aromatic carboxylic acids is 1. The Bertz CT molecular complexity index is 846. The topological polar surface area (TPSA) is 62.5 Å². The lowest BCUT2D eigenvalue weighted by Gasteiger charge is -2.54. The van der Waals surface area contributed by atoms with Gasteiger partial charge >= 0.3 is 5.97 Å². The molecule has 4 aliphatic rings. The number of carboxylic acids is 1. The highest BCUT2D eigenvalue weighted by Gasteiger charge is 2.47. The number of hydrogen-bond donors (Lipinski definition) is 2. The summed E-state index contributed by atoms with van der Waals surface area (Å²) in [6, 6.07) is 9.13. The van der Waals surface area contributed by atoms with Crippen LogP contribution in [0.2, 0.25) is 5.02 Å². The lowest BCUT2D eigenvalue weighted by atomic mass is 9.54. The number of carboxylic acid groups (broad SMARTS) is 1. The Morgan fingerprint density at radius 1 is 1.07 bits per heavy atom. The number of benzene rings is 1. The maximum Gasteiger partial charge on any atom is 0.335 e. The third-order valence-corrected chi connectivity index (χ3v) is 7.21. The van der Waals surface area contributed by atoms with Crippen LogP contribution in [-0.2, 0) is 6.54 Å². The Labute approximate surface area is 163 Å². The second-order valence-electron chi connectivity index (χ2n) is 8.60. The molecule has 4 fully saturated rings.